The Bertz CT molecular complexity index is 349. The Labute approximate surface area is 126 Å². The molecule has 2 atom stereocenters. The van der Waals surface area contributed by atoms with Gasteiger partial charge in [0, 0.05) is 50.6 Å². The zero-order valence-corrected chi connectivity index (χ0v) is 13.6. The van der Waals surface area contributed by atoms with Crippen molar-refractivity contribution in [2.45, 2.75) is 44.8 Å². The lowest BCUT2D eigenvalue weighted by Crippen LogP contribution is -2.55. The van der Waals surface area contributed by atoms with Crippen molar-refractivity contribution in [3.05, 3.63) is 0 Å². The fraction of sp³-hybridized carbons (Fsp3) is 0.933. The minimum atomic E-state index is 0.164. The lowest BCUT2D eigenvalue weighted by Gasteiger charge is -2.39. The summed E-state index contributed by atoms with van der Waals surface area (Å²) in [6.45, 7) is 9.63. The van der Waals surface area contributed by atoms with Crippen molar-refractivity contribution >= 4 is 17.7 Å². The number of likely N-dealkylation sites (tertiary alicyclic amines) is 1. The van der Waals surface area contributed by atoms with E-state index in [0.717, 1.165) is 45.2 Å². The van der Waals surface area contributed by atoms with Crippen LogP contribution in [0.1, 0.15) is 26.7 Å². The zero-order chi connectivity index (χ0) is 14.1. The van der Waals surface area contributed by atoms with E-state index < -0.39 is 0 Å². The first-order valence-corrected chi connectivity index (χ1v) is 9.18. The molecule has 5 heteroatoms. The number of amides is 1. The Balaban J connectivity index is 1.52. The maximum absolute atomic E-state index is 12.5. The summed E-state index contributed by atoms with van der Waals surface area (Å²) in [6, 6.07) is 1.32. The monoisotopic (exact) mass is 297 g/mol. The maximum atomic E-state index is 12.5. The van der Waals surface area contributed by atoms with Gasteiger partial charge in [0.2, 0.25) is 5.91 Å². The van der Waals surface area contributed by atoms with Gasteiger partial charge in [-0.25, -0.2) is 0 Å². The molecule has 3 rings (SSSR count). The summed E-state index contributed by atoms with van der Waals surface area (Å²) in [4.78, 5) is 19.6. The maximum Gasteiger partial charge on any atom is 0.240 e. The Morgan fingerprint density at radius 1 is 1.05 bits per heavy atom. The normalized spacial score (nSPS) is 33.5. The van der Waals surface area contributed by atoms with E-state index in [9.17, 15) is 4.79 Å². The molecule has 4 nitrogen and oxygen atoms in total. The molecule has 0 saturated carbocycles. The van der Waals surface area contributed by atoms with Gasteiger partial charge in [0.05, 0.1) is 6.04 Å². The lowest BCUT2D eigenvalue weighted by molar-refractivity contribution is -0.134. The topological polar surface area (TPSA) is 26.8 Å². The molecule has 0 radical (unpaired) electrons. The third kappa shape index (κ3) is 2.85. The quantitative estimate of drug-likeness (QED) is 0.780. The van der Waals surface area contributed by atoms with Crippen molar-refractivity contribution in [3.8, 4) is 0 Å². The SMILES string of the molecule is CC(C)N1CCC(N2CCN(C3CCSC3)CC2)C1=O. The van der Waals surface area contributed by atoms with Gasteiger partial charge in [-0.3, -0.25) is 14.6 Å². The van der Waals surface area contributed by atoms with Gasteiger partial charge in [-0.1, -0.05) is 0 Å². The second kappa shape index (κ2) is 6.24. The Morgan fingerprint density at radius 2 is 1.75 bits per heavy atom. The highest BCUT2D eigenvalue weighted by Gasteiger charge is 2.38. The first-order chi connectivity index (χ1) is 9.66. The molecule has 0 aromatic carbocycles. The first-order valence-electron chi connectivity index (χ1n) is 8.03. The number of piperazine rings is 1. The van der Waals surface area contributed by atoms with E-state index in [2.05, 4.69) is 35.4 Å². The van der Waals surface area contributed by atoms with Gasteiger partial charge in [-0.05, 0) is 32.4 Å². The summed E-state index contributed by atoms with van der Waals surface area (Å²) in [6.07, 6.45) is 2.38. The van der Waals surface area contributed by atoms with Gasteiger partial charge >= 0.3 is 0 Å². The van der Waals surface area contributed by atoms with Crippen LogP contribution >= 0.6 is 11.8 Å². The van der Waals surface area contributed by atoms with Crippen LogP contribution in [0.4, 0.5) is 0 Å². The van der Waals surface area contributed by atoms with Crippen LogP contribution in [0.3, 0.4) is 0 Å². The van der Waals surface area contributed by atoms with Crippen LogP contribution in [0.15, 0.2) is 0 Å². The summed E-state index contributed by atoms with van der Waals surface area (Å²) in [5.74, 6) is 3.00. The summed E-state index contributed by atoms with van der Waals surface area (Å²) >= 11 is 2.09. The molecule has 3 aliphatic rings. The van der Waals surface area contributed by atoms with Crippen molar-refractivity contribution < 1.29 is 4.79 Å². The minimum absolute atomic E-state index is 0.164. The van der Waals surface area contributed by atoms with E-state index in [1.807, 2.05) is 4.90 Å². The summed E-state index contributed by atoms with van der Waals surface area (Å²) < 4.78 is 0. The molecule has 114 valence electrons. The summed E-state index contributed by atoms with van der Waals surface area (Å²) in [5.41, 5.74) is 0. The Hall–Kier alpha value is -0.260. The van der Waals surface area contributed by atoms with Crippen molar-refractivity contribution in [2.24, 2.45) is 0 Å². The number of thioether (sulfide) groups is 1. The van der Waals surface area contributed by atoms with Crippen LogP contribution in [0.25, 0.3) is 0 Å². The standard InChI is InChI=1S/C15H27N3OS/c1-12(2)18-5-3-14(15(18)19)17-8-6-16(7-9-17)13-4-10-20-11-13/h12-14H,3-11H2,1-2H3. The predicted molar refractivity (Wildman–Crippen MR) is 84.1 cm³/mol. The second-order valence-corrected chi connectivity index (χ2v) is 7.67. The number of hydrogen-bond acceptors (Lipinski definition) is 4. The van der Waals surface area contributed by atoms with Crippen LogP contribution in [-0.4, -0.2) is 83.0 Å². The van der Waals surface area contributed by atoms with E-state index in [1.54, 1.807) is 0 Å². The van der Waals surface area contributed by atoms with Crippen LogP contribution < -0.4 is 0 Å². The van der Waals surface area contributed by atoms with Crippen LogP contribution in [0.2, 0.25) is 0 Å². The van der Waals surface area contributed by atoms with Gasteiger partial charge < -0.3 is 4.90 Å². The van der Waals surface area contributed by atoms with Gasteiger partial charge in [0.1, 0.15) is 0 Å². The molecule has 3 saturated heterocycles. The summed E-state index contributed by atoms with van der Waals surface area (Å²) in [5, 5.41) is 0. The van der Waals surface area contributed by atoms with E-state index in [4.69, 9.17) is 0 Å². The summed E-state index contributed by atoms with van der Waals surface area (Å²) in [7, 11) is 0. The number of carbonyl (C=O) groups is 1. The molecule has 0 N–H and O–H groups in total. The molecule has 0 aromatic rings. The van der Waals surface area contributed by atoms with E-state index in [0.29, 0.717) is 11.9 Å². The first kappa shape index (κ1) is 14.7. The number of hydrogen-bond donors (Lipinski definition) is 0. The molecule has 3 aliphatic heterocycles. The lowest BCUT2D eigenvalue weighted by atomic mass is 10.1. The molecule has 3 fully saturated rings. The number of nitrogens with zero attached hydrogens (tertiary/aromatic N) is 3. The molecular weight excluding hydrogens is 270 g/mol. The van der Waals surface area contributed by atoms with Gasteiger partial charge in [0.15, 0.2) is 0 Å². The second-order valence-electron chi connectivity index (χ2n) is 6.52. The molecule has 0 aromatic heterocycles. The molecule has 1 amide bonds. The molecule has 0 spiro atoms. The smallest absolute Gasteiger partial charge is 0.240 e. The number of carbonyl (C=O) groups excluding carboxylic acids is 1. The van der Waals surface area contributed by atoms with Crippen molar-refractivity contribution in [3.63, 3.8) is 0 Å². The van der Waals surface area contributed by atoms with Gasteiger partial charge in [0.25, 0.3) is 0 Å². The van der Waals surface area contributed by atoms with E-state index in [1.165, 1.54) is 17.9 Å². The molecule has 3 heterocycles. The van der Waals surface area contributed by atoms with Crippen molar-refractivity contribution in [1.29, 1.82) is 0 Å². The van der Waals surface area contributed by atoms with E-state index in [-0.39, 0.29) is 6.04 Å². The third-order valence-corrected chi connectivity index (χ3v) is 6.19. The van der Waals surface area contributed by atoms with Crippen LogP contribution in [0.5, 0.6) is 0 Å². The largest absolute Gasteiger partial charge is 0.339 e. The van der Waals surface area contributed by atoms with Gasteiger partial charge in [-0.15, -0.1) is 0 Å². The molecule has 2 unspecified atom stereocenters. The Morgan fingerprint density at radius 3 is 2.30 bits per heavy atom. The third-order valence-electron chi connectivity index (χ3n) is 5.05. The van der Waals surface area contributed by atoms with Gasteiger partial charge in [-0.2, -0.15) is 11.8 Å². The molecule has 0 aliphatic carbocycles. The van der Waals surface area contributed by atoms with Crippen LogP contribution in [-0.2, 0) is 4.79 Å². The molecule has 0 bridgehead atoms. The highest BCUT2D eigenvalue weighted by molar-refractivity contribution is 7.99. The fourth-order valence-corrected chi connectivity index (χ4v) is 5.02. The van der Waals surface area contributed by atoms with E-state index >= 15 is 0 Å². The highest BCUT2D eigenvalue weighted by atomic mass is 32.2. The molecule has 20 heavy (non-hydrogen) atoms. The average Bonchev–Trinajstić information content (AvgIpc) is 3.08. The fourth-order valence-electron chi connectivity index (χ4n) is 3.76. The van der Waals surface area contributed by atoms with Crippen molar-refractivity contribution in [2.75, 3.05) is 44.2 Å². The highest BCUT2D eigenvalue weighted by Crippen LogP contribution is 2.25. The zero-order valence-electron chi connectivity index (χ0n) is 12.8. The number of rotatable bonds is 3. The minimum Gasteiger partial charge on any atom is -0.339 e. The molecular formula is C15H27N3OS. The predicted octanol–water partition coefficient (Wildman–Crippen LogP) is 1.12. The van der Waals surface area contributed by atoms with Crippen molar-refractivity contribution in [1.82, 2.24) is 14.7 Å². The average molecular weight is 297 g/mol. The van der Waals surface area contributed by atoms with Crippen LogP contribution in [0, 0.1) is 0 Å². The Kier molecular flexibility index (Phi) is 4.58.